The largest absolute Gasteiger partial charge is 0.378 e. The van der Waals surface area contributed by atoms with Crippen molar-refractivity contribution in [1.29, 1.82) is 5.26 Å². The van der Waals surface area contributed by atoms with E-state index >= 15 is 0 Å². The third kappa shape index (κ3) is 4.07. The van der Waals surface area contributed by atoms with Gasteiger partial charge in [0.15, 0.2) is 0 Å². The normalized spacial score (nSPS) is 13.7. The van der Waals surface area contributed by atoms with Crippen LogP contribution in [0.5, 0.6) is 0 Å². The first kappa shape index (κ1) is 18.6. The van der Waals surface area contributed by atoms with Crippen LogP contribution in [0.4, 0.5) is 11.4 Å². The monoisotopic (exact) mass is 389 g/mol. The van der Waals surface area contributed by atoms with Gasteiger partial charge in [0, 0.05) is 13.1 Å². The predicted octanol–water partition coefficient (Wildman–Crippen LogP) is 1.68. The molecule has 1 saturated heterocycles. The highest BCUT2D eigenvalue weighted by Gasteiger charge is 2.21. The number of carbonyl (C=O) groups is 1. The van der Waals surface area contributed by atoms with E-state index < -0.39 is 5.91 Å². The molecule has 1 N–H and O–H groups in total. The molecule has 1 aliphatic heterocycles. The molecule has 29 heavy (non-hydrogen) atoms. The van der Waals surface area contributed by atoms with Gasteiger partial charge in [-0.15, -0.1) is 5.10 Å². The summed E-state index contributed by atoms with van der Waals surface area (Å²) in [4.78, 5) is 14.9. The highest BCUT2D eigenvalue weighted by atomic mass is 16.5. The molecule has 9 heteroatoms. The molecule has 0 radical (unpaired) electrons. The minimum absolute atomic E-state index is 0.0783. The Hall–Kier alpha value is -3.77. The highest BCUT2D eigenvalue weighted by molar-refractivity contribution is 6.03. The topological polar surface area (TPSA) is 109 Å². The average molecular weight is 389 g/mol. The molecule has 4 rings (SSSR count). The molecule has 0 unspecified atom stereocenters. The molecule has 1 amide bonds. The van der Waals surface area contributed by atoms with Crippen molar-refractivity contribution in [3.05, 3.63) is 65.5 Å². The molecule has 146 valence electrons. The van der Waals surface area contributed by atoms with Gasteiger partial charge in [0.2, 0.25) is 5.82 Å². The van der Waals surface area contributed by atoms with Crippen molar-refractivity contribution in [3.8, 4) is 6.07 Å². The fourth-order valence-electron chi connectivity index (χ4n) is 3.24. The molecule has 0 bridgehead atoms. The maximum atomic E-state index is 12.8. The molecule has 2 aromatic carbocycles. The van der Waals surface area contributed by atoms with Crippen LogP contribution in [0.1, 0.15) is 21.7 Å². The van der Waals surface area contributed by atoms with Gasteiger partial charge in [0.05, 0.1) is 36.7 Å². The van der Waals surface area contributed by atoms with Crippen molar-refractivity contribution in [1.82, 2.24) is 20.2 Å². The molecule has 1 aliphatic rings. The average Bonchev–Trinajstić information content (AvgIpc) is 3.23. The molecule has 2 heterocycles. The molecule has 1 aromatic heterocycles. The molecule has 0 saturated carbocycles. The van der Waals surface area contributed by atoms with Gasteiger partial charge in [0.25, 0.3) is 5.91 Å². The molecule has 0 atom stereocenters. The number of tetrazole rings is 1. The van der Waals surface area contributed by atoms with Crippen LogP contribution in [0.2, 0.25) is 0 Å². The molecule has 9 nitrogen and oxygen atoms in total. The van der Waals surface area contributed by atoms with Gasteiger partial charge < -0.3 is 15.0 Å². The number of benzene rings is 2. The fraction of sp³-hybridized carbons (Fsp3) is 0.250. The summed E-state index contributed by atoms with van der Waals surface area (Å²) < 4.78 is 6.81. The van der Waals surface area contributed by atoms with Crippen LogP contribution in [-0.2, 0) is 11.3 Å². The second-order valence-corrected chi connectivity index (χ2v) is 6.51. The van der Waals surface area contributed by atoms with E-state index in [1.807, 2.05) is 42.5 Å². The Morgan fingerprint density at radius 1 is 1.14 bits per heavy atom. The number of ether oxygens (including phenoxy) is 1. The summed E-state index contributed by atoms with van der Waals surface area (Å²) in [5.41, 5.74) is 2.58. The van der Waals surface area contributed by atoms with E-state index in [1.165, 1.54) is 4.68 Å². The summed E-state index contributed by atoms with van der Waals surface area (Å²) in [6.45, 7) is 2.98. The SMILES string of the molecule is N#Cc1c(NC(=O)c2nnnn2Cc2ccccc2)cccc1N1CCOCC1. The number of aromatic nitrogens is 4. The van der Waals surface area contributed by atoms with Crippen LogP contribution in [0.25, 0.3) is 0 Å². The van der Waals surface area contributed by atoms with Gasteiger partial charge in [-0.2, -0.15) is 5.26 Å². The number of nitrogens with one attached hydrogen (secondary N) is 1. The molecular formula is C20H19N7O2. The van der Waals surface area contributed by atoms with E-state index in [4.69, 9.17) is 4.74 Å². The van der Waals surface area contributed by atoms with Gasteiger partial charge in [-0.25, -0.2) is 4.68 Å². The van der Waals surface area contributed by atoms with Crippen LogP contribution < -0.4 is 10.2 Å². The summed E-state index contributed by atoms with van der Waals surface area (Å²) in [7, 11) is 0. The highest BCUT2D eigenvalue weighted by Crippen LogP contribution is 2.28. The number of hydrogen-bond acceptors (Lipinski definition) is 7. The summed E-state index contributed by atoms with van der Waals surface area (Å²) >= 11 is 0. The quantitative estimate of drug-likeness (QED) is 0.707. The molecule has 1 fully saturated rings. The molecule has 3 aromatic rings. The number of rotatable bonds is 5. The Labute approximate surface area is 167 Å². The summed E-state index contributed by atoms with van der Waals surface area (Å²) in [6.07, 6.45) is 0. The zero-order valence-corrected chi connectivity index (χ0v) is 15.7. The third-order valence-electron chi connectivity index (χ3n) is 4.66. The minimum Gasteiger partial charge on any atom is -0.378 e. The molecule has 0 spiro atoms. The predicted molar refractivity (Wildman–Crippen MR) is 106 cm³/mol. The molecule has 0 aliphatic carbocycles. The number of morpholine rings is 1. The lowest BCUT2D eigenvalue weighted by atomic mass is 10.1. The van der Waals surface area contributed by atoms with Gasteiger partial charge >= 0.3 is 0 Å². The molecular weight excluding hydrogens is 370 g/mol. The lowest BCUT2D eigenvalue weighted by molar-refractivity contribution is 0.101. The van der Waals surface area contributed by atoms with Crippen molar-refractivity contribution in [2.45, 2.75) is 6.54 Å². The first-order valence-electron chi connectivity index (χ1n) is 9.23. The van der Waals surface area contributed by atoms with E-state index in [1.54, 1.807) is 6.07 Å². The minimum atomic E-state index is -0.471. The lowest BCUT2D eigenvalue weighted by Gasteiger charge is -2.30. The van der Waals surface area contributed by atoms with Gasteiger partial charge in [-0.05, 0) is 28.1 Å². The third-order valence-corrected chi connectivity index (χ3v) is 4.66. The zero-order chi connectivity index (χ0) is 20.1. The van der Waals surface area contributed by atoms with Crippen LogP contribution in [0, 0.1) is 11.3 Å². The maximum Gasteiger partial charge on any atom is 0.295 e. The van der Waals surface area contributed by atoms with Crippen molar-refractivity contribution in [2.24, 2.45) is 0 Å². The number of nitrogens with zero attached hydrogens (tertiary/aromatic N) is 6. The number of nitriles is 1. The smallest absolute Gasteiger partial charge is 0.295 e. The van der Waals surface area contributed by atoms with Crippen LogP contribution in [0.3, 0.4) is 0 Å². The van der Waals surface area contributed by atoms with Crippen molar-refractivity contribution < 1.29 is 9.53 Å². The van der Waals surface area contributed by atoms with E-state index in [0.29, 0.717) is 44.1 Å². The van der Waals surface area contributed by atoms with Crippen molar-refractivity contribution in [3.63, 3.8) is 0 Å². The Kier molecular flexibility index (Phi) is 5.45. The number of carbonyl (C=O) groups excluding carboxylic acids is 1. The fourth-order valence-corrected chi connectivity index (χ4v) is 3.24. The van der Waals surface area contributed by atoms with Crippen LogP contribution >= 0.6 is 0 Å². The van der Waals surface area contributed by atoms with E-state index in [-0.39, 0.29) is 5.82 Å². The number of anilines is 2. The van der Waals surface area contributed by atoms with Crippen LogP contribution in [0.15, 0.2) is 48.5 Å². The Bertz CT molecular complexity index is 1040. The second-order valence-electron chi connectivity index (χ2n) is 6.51. The van der Waals surface area contributed by atoms with Crippen LogP contribution in [-0.4, -0.2) is 52.4 Å². The van der Waals surface area contributed by atoms with Gasteiger partial charge in [-0.1, -0.05) is 36.4 Å². The first-order chi connectivity index (χ1) is 14.3. The van der Waals surface area contributed by atoms with Crippen molar-refractivity contribution >= 4 is 17.3 Å². The second kappa shape index (κ2) is 8.50. The summed E-state index contributed by atoms with van der Waals surface area (Å²) in [5.74, 6) is -0.393. The van der Waals surface area contributed by atoms with E-state index in [0.717, 1.165) is 11.3 Å². The Balaban J connectivity index is 1.57. The lowest BCUT2D eigenvalue weighted by Crippen LogP contribution is -2.36. The van der Waals surface area contributed by atoms with Gasteiger partial charge in [-0.3, -0.25) is 4.79 Å². The summed E-state index contributed by atoms with van der Waals surface area (Å²) in [5, 5.41) is 23.9. The summed E-state index contributed by atoms with van der Waals surface area (Å²) in [6, 6.07) is 17.2. The number of amides is 1. The number of hydrogen-bond donors (Lipinski definition) is 1. The zero-order valence-electron chi connectivity index (χ0n) is 15.7. The van der Waals surface area contributed by atoms with E-state index in [9.17, 15) is 10.1 Å². The standard InChI is InChI=1S/C20H19N7O2/c21-13-16-17(7-4-8-18(16)26-9-11-29-12-10-26)22-20(28)19-23-24-25-27(19)14-15-5-2-1-3-6-15/h1-8H,9-12,14H2,(H,22,28). The first-order valence-corrected chi connectivity index (χ1v) is 9.23. The maximum absolute atomic E-state index is 12.8. The Morgan fingerprint density at radius 3 is 2.69 bits per heavy atom. The van der Waals surface area contributed by atoms with E-state index in [2.05, 4.69) is 31.8 Å². The van der Waals surface area contributed by atoms with Crippen molar-refractivity contribution in [2.75, 3.05) is 36.5 Å². The Morgan fingerprint density at radius 2 is 1.93 bits per heavy atom. The van der Waals surface area contributed by atoms with Gasteiger partial charge in [0.1, 0.15) is 6.07 Å².